The van der Waals surface area contributed by atoms with Crippen molar-refractivity contribution in [2.24, 2.45) is 0 Å². The molecule has 5 heteroatoms. The van der Waals surface area contributed by atoms with Gasteiger partial charge in [0.15, 0.2) is 0 Å². The summed E-state index contributed by atoms with van der Waals surface area (Å²) in [7, 11) is 1.58. The van der Waals surface area contributed by atoms with Gasteiger partial charge in [0.25, 0.3) is 0 Å². The van der Waals surface area contributed by atoms with E-state index in [0.717, 1.165) is 28.0 Å². The third kappa shape index (κ3) is 2.19. The number of hydrogen-bond acceptors (Lipinski definition) is 2. The Morgan fingerprint density at radius 2 is 1.85 bits per heavy atom. The molecule has 0 atom stereocenters. The van der Waals surface area contributed by atoms with E-state index in [1.165, 1.54) is 12.1 Å². The van der Waals surface area contributed by atoms with Gasteiger partial charge in [-0.3, -0.25) is 0 Å². The molecule has 0 aromatic heterocycles. The number of ether oxygens (including phenoxy) is 2. The third-order valence-electron chi connectivity index (χ3n) is 3.29. The SMILES string of the molecule is COc1cccc2c1-c1ccc(OC(F)(F)F)cc1C2. The Bertz CT molecular complexity index is 663. The van der Waals surface area contributed by atoms with Crippen LogP contribution in [0.25, 0.3) is 11.1 Å². The van der Waals surface area contributed by atoms with Crippen molar-refractivity contribution >= 4 is 0 Å². The van der Waals surface area contributed by atoms with Crippen LogP contribution in [0.4, 0.5) is 13.2 Å². The topological polar surface area (TPSA) is 18.5 Å². The summed E-state index contributed by atoms with van der Waals surface area (Å²) in [6, 6.07) is 10.1. The zero-order valence-corrected chi connectivity index (χ0v) is 10.6. The zero-order chi connectivity index (χ0) is 14.3. The van der Waals surface area contributed by atoms with Gasteiger partial charge in [-0.1, -0.05) is 18.2 Å². The van der Waals surface area contributed by atoms with E-state index < -0.39 is 6.36 Å². The molecule has 1 aliphatic rings. The maximum Gasteiger partial charge on any atom is 0.573 e. The molecule has 0 bridgehead atoms. The van der Waals surface area contributed by atoms with Gasteiger partial charge >= 0.3 is 6.36 Å². The van der Waals surface area contributed by atoms with Crippen LogP contribution in [0.5, 0.6) is 11.5 Å². The van der Waals surface area contributed by atoms with Gasteiger partial charge in [0.2, 0.25) is 0 Å². The lowest BCUT2D eigenvalue weighted by molar-refractivity contribution is -0.274. The van der Waals surface area contributed by atoms with Crippen LogP contribution >= 0.6 is 0 Å². The van der Waals surface area contributed by atoms with Crippen LogP contribution in [0.3, 0.4) is 0 Å². The molecule has 104 valence electrons. The van der Waals surface area contributed by atoms with Crippen LogP contribution in [-0.2, 0) is 6.42 Å². The Kier molecular flexibility index (Phi) is 2.85. The number of halogens is 3. The quantitative estimate of drug-likeness (QED) is 0.701. The fraction of sp³-hybridized carbons (Fsp3) is 0.200. The zero-order valence-electron chi connectivity index (χ0n) is 10.6. The Hall–Kier alpha value is -2.17. The van der Waals surface area contributed by atoms with Crippen molar-refractivity contribution in [3.8, 4) is 22.6 Å². The summed E-state index contributed by atoms with van der Waals surface area (Å²) in [5, 5.41) is 0. The van der Waals surface area contributed by atoms with Crippen LogP contribution in [0.15, 0.2) is 36.4 Å². The monoisotopic (exact) mass is 280 g/mol. The molecule has 0 radical (unpaired) electrons. The first-order chi connectivity index (χ1) is 9.48. The lowest BCUT2D eigenvalue weighted by atomic mass is 10.0. The molecular formula is C15H11F3O2. The highest BCUT2D eigenvalue weighted by Crippen LogP contribution is 2.43. The minimum Gasteiger partial charge on any atom is -0.496 e. The van der Waals surface area contributed by atoms with Gasteiger partial charge in [0.05, 0.1) is 7.11 Å². The fourth-order valence-electron chi connectivity index (χ4n) is 2.56. The number of benzene rings is 2. The van der Waals surface area contributed by atoms with Crippen molar-refractivity contribution in [1.29, 1.82) is 0 Å². The maximum absolute atomic E-state index is 12.2. The molecule has 20 heavy (non-hydrogen) atoms. The molecule has 2 nitrogen and oxygen atoms in total. The summed E-state index contributed by atoms with van der Waals surface area (Å²) in [5.41, 5.74) is 3.70. The summed E-state index contributed by atoms with van der Waals surface area (Å²) in [4.78, 5) is 0. The van der Waals surface area contributed by atoms with Crippen molar-refractivity contribution in [1.82, 2.24) is 0 Å². The van der Waals surface area contributed by atoms with Crippen molar-refractivity contribution in [3.05, 3.63) is 47.5 Å². The maximum atomic E-state index is 12.2. The lowest BCUT2D eigenvalue weighted by Gasteiger charge is -2.11. The summed E-state index contributed by atoms with van der Waals surface area (Å²) in [6.07, 6.45) is -4.09. The summed E-state index contributed by atoms with van der Waals surface area (Å²) < 4.78 is 46.0. The molecule has 0 N–H and O–H groups in total. The fourth-order valence-corrected chi connectivity index (χ4v) is 2.56. The average molecular weight is 280 g/mol. The first kappa shape index (κ1) is 12.8. The third-order valence-corrected chi connectivity index (χ3v) is 3.29. The molecule has 0 amide bonds. The van der Waals surface area contributed by atoms with Gasteiger partial charge in [-0.2, -0.15) is 0 Å². The van der Waals surface area contributed by atoms with Gasteiger partial charge in [-0.25, -0.2) is 0 Å². The molecule has 2 aromatic rings. The molecule has 2 aromatic carbocycles. The molecule has 3 rings (SSSR count). The van der Waals surface area contributed by atoms with Crippen molar-refractivity contribution < 1.29 is 22.6 Å². The van der Waals surface area contributed by atoms with E-state index in [-0.39, 0.29) is 5.75 Å². The molecule has 1 aliphatic carbocycles. The Morgan fingerprint density at radius 3 is 2.55 bits per heavy atom. The highest BCUT2D eigenvalue weighted by atomic mass is 19.4. The van der Waals surface area contributed by atoms with Gasteiger partial charge in [0.1, 0.15) is 11.5 Å². The second-order valence-electron chi connectivity index (χ2n) is 4.54. The summed E-state index contributed by atoms with van der Waals surface area (Å²) in [6.45, 7) is 0. The molecule has 0 saturated heterocycles. The number of alkyl halides is 3. The molecule has 0 aliphatic heterocycles. The van der Waals surface area contributed by atoms with Gasteiger partial charge < -0.3 is 9.47 Å². The van der Waals surface area contributed by atoms with Crippen molar-refractivity contribution in [2.75, 3.05) is 7.11 Å². The minimum atomic E-state index is -4.67. The highest BCUT2D eigenvalue weighted by molar-refractivity contribution is 5.82. The number of hydrogen-bond donors (Lipinski definition) is 0. The minimum absolute atomic E-state index is 0.192. The predicted molar refractivity (Wildman–Crippen MR) is 67.9 cm³/mol. The van der Waals surface area contributed by atoms with E-state index in [2.05, 4.69) is 4.74 Å². The first-order valence-corrected chi connectivity index (χ1v) is 6.03. The van der Waals surface area contributed by atoms with E-state index in [0.29, 0.717) is 6.42 Å². The van der Waals surface area contributed by atoms with E-state index in [4.69, 9.17) is 4.74 Å². The smallest absolute Gasteiger partial charge is 0.496 e. The van der Waals surface area contributed by atoms with Gasteiger partial charge in [0, 0.05) is 5.56 Å². The summed E-state index contributed by atoms with van der Waals surface area (Å²) >= 11 is 0. The number of methoxy groups -OCH3 is 1. The van der Waals surface area contributed by atoms with E-state index in [9.17, 15) is 13.2 Å². The van der Waals surface area contributed by atoms with E-state index in [1.807, 2.05) is 18.2 Å². The summed E-state index contributed by atoms with van der Waals surface area (Å²) in [5.74, 6) is 0.536. The average Bonchev–Trinajstić information content (AvgIpc) is 2.73. The number of fused-ring (bicyclic) bond motifs is 3. The lowest BCUT2D eigenvalue weighted by Crippen LogP contribution is -2.17. The second kappa shape index (κ2) is 4.44. The van der Waals surface area contributed by atoms with Crippen LogP contribution in [0.2, 0.25) is 0 Å². The Morgan fingerprint density at radius 1 is 1.05 bits per heavy atom. The highest BCUT2D eigenvalue weighted by Gasteiger charge is 2.32. The van der Waals surface area contributed by atoms with Crippen LogP contribution in [0.1, 0.15) is 11.1 Å². The molecule has 0 unspecified atom stereocenters. The molecule has 0 saturated carbocycles. The molecule has 0 fully saturated rings. The largest absolute Gasteiger partial charge is 0.573 e. The van der Waals surface area contributed by atoms with Gasteiger partial charge in [-0.15, -0.1) is 13.2 Å². The van der Waals surface area contributed by atoms with Crippen molar-refractivity contribution in [2.45, 2.75) is 12.8 Å². The first-order valence-electron chi connectivity index (χ1n) is 6.03. The van der Waals surface area contributed by atoms with Gasteiger partial charge in [-0.05, 0) is 41.3 Å². The van der Waals surface area contributed by atoms with E-state index in [1.54, 1.807) is 13.2 Å². The Balaban J connectivity index is 2.03. The Labute approximate surface area is 113 Å². The second-order valence-corrected chi connectivity index (χ2v) is 4.54. The van der Waals surface area contributed by atoms with Crippen LogP contribution < -0.4 is 9.47 Å². The van der Waals surface area contributed by atoms with E-state index >= 15 is 0 Å². The molecule has 0 spiro atoms. The van der Waals surface area contributed by atoms with Crippen molar-refractivity contribution in [3.63, 3.8) is 0 Å². The molecular weight excluding hydrogens is 269 g/mol. The van der Waals surface area contributed by atoms with Crippen LogP contribution in [-0.4, -0.2) is 13.5 Å². The molecule has 0 heterocycles. The normalized spacial score (nSPS) is 12.8. The number of rotatable bonds is 2. The predicted octanol–water partition coefficient (Wildman–Crippen LogP) is 4.17. The van der Waals surface area contributed by atoms with Crippen LogP contribution in [0, 0.1) is 0 Å². The standard InChI is InChI=1S/C15H11F3O2/c1-19-13-4-2-3-9-7-10-8-11(20-15(16,17)18)5-6-12(10)14(9)13/h2-6,8H,7H2,1H3.